The van der Waals surface area contributed by atoms with Crippen LogP contribution in [-0.4, -0.2) is 25.6 Å². The van der Waals surface area contributed by atoms with Crippen molar-refractivity contribution in [2.75, 3.05) is 10.6 Å². The van der Waals surface area contributed by atoms with Crippen molar-refractivity contribution in [1.82, 2.24) is 19.6 Å². The summed E-state index contributed by atoms with van der Waals surface area (Å²) in [7, 11) is 3.04. The molecule has 0 aliphatic heterocycles. The van der Waals surface area contributed by atoms with E-state index in [1.54, 1.807) is 25.6 Å². The van der Waals surface area contributed by atoms with Crippen molar-refractivity contribution < 1.29 is 18.0 Å². The van der Waals surface area contributed by atoms with Gasteiger partial charge in [-0.1, -0.05) is 0 Å². The summed E-state index contributed by atoms with van der Waals surface area (Å²) in [6, 6.07) is -0.794. The van der Waals surface area contributed by atoms with Crippen LogP contribution in [0.3, 0.4) is 0 Å². The van der Waals surface area contributed by atoms with Crippen LogP contribution in [0.15, 0.2) is 6.20 Å². The third kappa shape index (κ3) is 3.05. The number of amides is 2. The quantitative estimate of drug-likeness (QED) is 0.893. The zero-order chi connectivity index (χ0) is 16.7. The Kier molecular flexibility index (Phi) is 3.86. The van der Waals surface area contributed by atoms with Crippen molar-refractivity contribution in [1.29, 1.82) is 0 Å². The summed E-state index contributed by atoms with van der Waals surface area (Å²) in [5, 5.41) is 12.1. The molecule has 0 unspecified atom stereocenters. The SMILES string of the molecule is Cc1nn(C)c(C)c1NC(=O)Nc1cn(C)nc1C(F)(F)F. The maximum Gasteiger partial charge on any atom is 0.437 e. The molecule has 0 saturated carbocycles. The fourth-order valence-corrected chi connectivity index (χ4v) is 2.01. The van der Waals surface area contributed by atoms with E-state index in [2.05, 4.69) is 20.8 Å². The number of nitrogens with zero attached hydrogens (tertiary/aromatic N) is 4. The van der Waals surface area contributed by atoms with Crippen LogP contribution in [0, 0.1) is 13.8 Å². The summed E-state index contributed by atoms with van der Waals surface area (Å²) in [4.78, 5) is 11.9. The van der Waals surface area contributed by atoms with Gasteiger partial charge in [-0.05, 0) is 13.8 Å². The Bertz CT molecular complexity index is 715. The molecular weight excluding hydrogens is 301 g/mol. The zero-order valence-electron chi connectivity index (χ0n) is 12.4. The average Bonchev–Trinajstić information content (AvgIpc) is 2.84. The first-order valence-electron chi connectivity index (χ1n) is 6.28. The van der Waals surface area contributed by atoms with Gasteiger partial charge in [-0.15, -0.1) is 0 Å². The number of carbonyl (C=O) groups excluding carboxylic acids is 1. The van der Waals surface area contributed by atoms with Crippen molar-refractivity contribution in [3.63, 3.8) is 0 Å². The van der Waals surface area contributed by atoms with Gasteiger partial charge >= 0.3 is 12.2 Å². The number of carbonyl (C=O) groups is 1. The lowest BCUT2D eigenvalue weighted by molar-refractivity contribution is -0.140. The predicted octanol–water partition coefficient (Wildman–Crippen LogP) is 2.43. The first-order valence-corrected chi connectivity index (χ1v) is 6.28. The van der Waals surface area contributed by atoms with E-state index >= 15 is 0 Å². The predicted molar refractivity (Wildman–Crippen MR) is 73.5 cm³/mol. The summed E-state index contributed by atoms with van der Waals surface area (Å²) < 4.78 is 41.0. The van der Waals surface area contributed by atoms with Crippen molar-refractivity contribution >= 4 is 17.4 Å². The monoisotopic (exact) mass is 316 g/mol. The maximum atomic E-state index is 12.8. The highest BCUT2D eigenvalue weighted by Gasteiger charge is 2.37. The third-order valence-corrected chi connectivity index (χ3v) is 3.09. The molecule has 0 aliphatic carbocycles. The van der Waals surface area contributed by atoms with E-state index in [4.69, 9.17) is 0 Å². The molecule has 10 heteroatoms. The number of anilines is 2. The number of nitrogens with one attached hydrogen (secondary N) is 2. The minimum absolute atomic E-state index is 0.410. The summed E-state index contributed by atoms with van der Waals surface area (Å²) in [6.45, 7) is 3.43. The van der Waals surface area contributed by atoms with Crippen LogP contribution in [-0.2, 0) is 20.3 Å². The molecule has 2 rings (SSSR count). The molecule has 0 atom stereocenters. The topological polar surface area (TPSA) is 76.8 Å². The minimum Gasteiger partial charge on any atom is -0.304 e. The van der Waals surface area contributed by atoms with E-state index in [9.17, 15) is 18.0 Å². The molecule has 22 heavy (non-hydrogen) atoms. The summed E-state index contributed by atoms with van der Waals surface area (Å²) in [6.07, 6.45) is -3.56. The number of aromatic nitrogens is 4. The molecule has 0 spiro atoms. The van der Waals surface area contributed by atoms with E-state index in [0.29, 0.717) is 17.1 Å². The van der Waals surface area contributed by atoms with Gasteiger partial charge in [0.2, 0.25) is 0 Å². The molecule has 0 radical (unpaired) electrons. The molecule has 2 aromatic rings. The number of hydrogen-bond acceptors (Lipinski definition) is 3. The average molecular weight is 316 g/mol. The highest BCUT2D eigenvalue weighted by molar-refractivity contribution is 6.00. The van der Waals surface area contributed by atoms with Gasteiger partial charge in [0, 0.05) is 20.3 Å². The minimum atomic E-state index is -4.65. The van der Waals surface area contributed by atoms with Crippen molar-refractivity contribution in [3.05, 3.63) is 23.3 Å². The fraction of sp³-hybridized carbons (Fsp3) is 0.417. The van der Waals surface area contributed by atoms with Crippen LogP contribution < -0.4 is 10.6 Å². The smallest absolute Gasteiger partial charge is 0.304 e. The summed E-state index contributed by atoms with van der Waals surface area (Å²) in [5.74, 6) is 0. The van der Waals surface area contributed by atoms with Crippen molar-refractivity contribution in [2.45, 2.75) is 20.0 Å². The number of urea groups is 1. The summed E-state index contributed by atoms with van der Waals surface area (Å²) in [5.41, 5.74) is 0.154. The van der Waals surface area contributed by atoms with Gasteiger partial charge in [-0.2, -0.15) is 23.4 Å². The Hall–Kier alpha value is -2.52. The maximum absolute atomic E-state index is 12.8. The van der Waals surface area contributed by atoms with Crippen molar-refractivity contribution in [2.24, 2.45) is 14.1 Å². The molecule has 2 amide bonds. The lowest BCUT2D eigenvalue weighted by Crippen LogP contribution is -2.22. The first-order chi connectivity index (χ1) is 10.1. The largest absolute Gasteiger partial charge is 0.437 e. The number of aryl methyl sites for hydroxylation is 3. The molecule has 0 fully saturated rings. The molecule has 120 valence electrons. The van der Waals surface area contributed by atoms with E-state index < -0.39 is 23.6 Å². The Balaban J connectivity index is 2.20. The van der Waals surface area contributed by atoms with E-state index in [-0.39, 0.29) is 0 Å². The molecule has 7 nitrogen and oxygen atoms in total. The van der Waals surface area contributed by atoms with Crippen LogP contribution >= 0.6 is 0 Å². The van der Waals surface area contributed by atoms with E-state index in [1.165, 1.54) is 7.05 Å². The van der Waals surface area contributed by atoms with Crippen LogP contribution in [0.4, 0.5) is 29.3 Å². The molecule has 2 N–H and O–H groups in total. The van der Waals surface area contributed by atoms with Gasteiger partial charge in [0.1, 0.15) is 0 Å². The number of halogens is 3. The lowest BCUT2D eigenvalue weighted by atomic mass is 10.3. The molecule has 2 aromatic heterocycles. The Morgan fingerprint density at radius 3 is 2.32 bits per heavy atom. The second-order valence-corrected chi connectivity index (χ2v) is 4.81. The van der Waals surface area contributed by atoms with Crippen LogP contribution in [0.2, 0.25) is 0 Å². The Morgan fingerprint density at radius 2 is 1.82 bits per heavy atom. The standard InChI is InChI=1S/C12H15F3N6O/c1-6-9(7(2)21(4)18-6)17-11(22)16-8-5-20(3)19-10(8)12(13,14)15/h5H,1-4H3,(H2,16,17,22). The van der Waals surface area contributed by atoms with Gasteiger partial charge in [0.15, 0.2) is 5.69 Å². The zero-order valence-corrected chi connectivity index (χ0v) is 12.4. The second-order valence-electron chi connectivity index (χ2n) is 4.81. The number of rotatable bonds is 2. The molecule has 0 bridgehead atoms. The highest BCUT2D eigenvalue weighted by Crippen LogP contribution is 2.33. The first kappa shape index (κ1) is 15.9. The molecular formula is C12H15F3N6O. The van der Waals surface area contributed by atoms with Crippen molar-refractivity contribution in [3.8, 4) is 0 Å². The van der Waals surface area contributed by atoms with Crippen LogP contribution in [0.1, 0.15) is 17.1 Å². The molecule has 2 heterocycles. The van der Waals surface area contributed by atoms with Gasteiger partial charge in [-0.25, -0.2) is 4.79 Å². The van der Waals surface area contributed by atoms with Gasteiger partial charge in [0.25, 0.3) is 0 Å². The molecule has 0 aliphatic rings. The van der Waals surface area contributed by atoms with Gasteiger partial charge in [0.05, 0.1) is 22.8 Å². The Morgan fingerprint density at radius 1 is 1.18 bits per heavy atom. The lowest BCUT2D eigenvalue weighted by Gasteiger charge is -2.09. The number of hydrogen-bond donors (Lipinski definition) is 2. The number of alkyl halides is 3. The fourth-order valence-electron chi connectivity index (χ4n) is 2.01. The molecule has 0 saturated heterocycles. The summed E-state index contributed by atoms with van der Waals surface area (Å²) >= 11 is 0. The molecule has 0 aromatic carbocycles. The van der Waals surface area contributed by atoms with E-state index in [0.717, 1.165) is 10.9 Å². The second kappa shape index (κ2) is 5.35. The van der Waals surface area contributed by atoms with Gasteiger partial charge < -0.3 is 10.6 Å². The Labute approximate surface area is 124 Å². The normalized spacial score (nSPS) is 11.6. The van der Waals surface area contributed by atoms with Crippen LogP contribution in [0.5, 0.6) is 0 Å². The van der Waals surface area contributed by atoms with Gasteiger partial charge in [-0.3, -0.25) is 9.36 Å². The highest BCUT2D eigenvalue weighted by atomic mass is 19.4. The van der Waals surface area contributed by atoms with Crippen LogP contribution in [0.25, 0.3) is 0 Å². The third-order valence-electron chi connectivity index (χ3n) is 3.09. The van der Waals surface area contributed by atoms with E-state index in [1.807, 2.05) is 0 Å².